The zero-order valence-corrected chi connectivity index (χ0v) is 17.3. The van der Waals surface area contributed by atoms with Crippen molar-refractivity contribution >= 4 is 29.0 Å². The number of nitrogens with zero attached hydrogens (tertiary/aromatic N) is 3. The fourth-order valence-electron chi connectivity index (χ4n) is 2.56. The van der Waals surface area contributed by atoms with E-state index in [1.807, 2.05) is 13.8 Å². The number of carbonyl (C=O) groups is 2. The number of H-pyrrole nitrogens is 1. The van der Waals surface area contributed by atoms with Crippen LogP contribution in [0.3, 0.4) is 0 Å². The molecule has 2 aromatic rings. The number of ether oxygens (including phenoxy) is 2. The van der Waals surface area contributed by atoms with Crippen LogP contribution in [0.5, 0.6) is 0 Å². The number of aliphatic hydroxyl groups excluding tert-OH is 1. The highest BCUT2D eigenvalue weighted by atomic mass is 16.6. The van der Waals surface area contributed by atoms with Gasteiger partial charge < -0.3 is 14.6 Å². The molecule has 0 saturated heterocycles. The first-order valence-electron chi connectivity index (χ1n) is 10.1. The van der Waals surface area contributed by atoms with Crippen molar-refractivity contribution < 1.29 is 24.2 Å². The third-order valence-electron chi connectivity index (χ3n) is 4.31. The lowest BCUT2D eigenvalue weighted by Crippen LogP contribution is -2.27. The lowest BCUT2D eigenvalue weighted by Gasteiger charge is -2.16. The van der Waals surface area contributed by atoms with Crippen molar-refractivity contribution in [3.8, 4) is 0 Å². The quantitative estimate of drug-likeness (QED) is 0.408. The number of rotatable bonds is 13. The molecule has 0 spiro atoms. The molecule has 0 aromatic carbocycles. The molecule has 0 saturated carbocycles. The number of aromatic nitrogens is 4. The molecule has 166 valence electrons. The summed E-state index contributed by atoms with van der Waals surface area (Å²) in [5, 5.41) is 12.0. The van der Waals surface area contributed by atoms with Gasteiger partial charge in [0.15, 0.2) is 11.2 Å². The number of amides is 1. The van der Waals surface area contributed by atoms with E-state index >= 15 is 0 Å². The van der Waals surface area contributed by atoms with Crippen molar-refractivity contribution in [3.05, 3.63) is 16.7 Å². The van der Waals surface area contributed by atoms with E-state index in [-0.39, 0.29) is 48.9 Å². The molecule has 11 heteroatoms. The molecule has 3 N–H and O–H groups in total. The zero-order valence-electron chi connectivity index (χ0n) is 17.3. The van der Waals surface area contributed by atoms with E-state index in [1.165, 1.54) is 10.9 Å². The van der Waals surface area contributed by atoms with Crippen LogP contribution in [0.1, 0.15) is 52.4 Å². The van der Waals surface area contributed by atoms with Gasteiger partial charge in [0.05, 0.1) is 12.9 Å². The van der Waals surface area contributed by atoms with Gasteiger partial charge in [-0.25, -0.2) is 4.98 Å². The molecule has 0 fully saturated rings. The number of hydrogen-bond donors (Lipinski definition) is 3. The topological polar surface area (TPSA) is 148 Å². The predicted molar refractivity (Wildman–Crippen MR) is 109 cm³/mol. The van der Waals surface area contributed by atoms with E-state index in [4.69, 9.17) is 9.47 Å². The zero-order chi connectivity index (χ0) is 21.9. The Bertz CT molecular complexity index is 893. The van der Waals surface area contributed by atoms with Gasteiger partial charge in [-0.2, -0.15) is 4.98 Å². The first kappa shape index (κ1) is 23.5. The number of unbranched alkanes of at least 4 members (excludes halogenated alkanes) is 2. The van der Waals surface area contributed by atoms with Gasteiger partial charge >= 0.3 is 5.97 Å². The molecule has 0 radical (unpaired) electrons. The Kier molecular flexibility index (Phi) is 9.42. The second-order valence-corrected chi connectivity index (χ2v) is 6.84. The first-order chi connectivity index (χ1) is 14.5. The van der Waals surface area contributed by atoms with Gasteiger partial charge in [0, 0.05) is 12.8 Å². The lowest BCUT2D eigenvalue weighted by molar-refractivity contribution is -0.150. The largest absolute Gasteiger partial charge is 0.463 e. The second kappa shape index (κ2) is 12.0. The number of nitrogens with one attached hydrogen (secondary N) is 2. The fourth-order valence-corrected chi connectivity index (χ4v) is 2.56. The maximum atomic E-state index is 12.2. The average Bonchev–Trinajstić information content (AvgIpc) is 3.14. The van der Waals surface area contributed by atoms with E-state index in [2.05, 4.69) is 20.3 Å². The van der Waals surface area contributed by atoms with Crippen LogP contribution in [-0.2, 0) is 25.8 Å². The van der Waals surface area contributed by atoms with E-state index in [9.17, 15) is 19.5 Å². The van der Waals surface area contributed by atoms with E-state index < -0.39 is 11.7 Å². The van der Waals surface area contributed by atoms with Gasteiger partial charge in [0.25, 0.3) is 5.56 Å². The van der Waals surface area contributed by atoms with E-state index in [0.29, 0.717) is 12.8 Å². The highest BCUT2D eigenvalue weighted by molar-refractivity contribution is 5.89. The molecule has 11 nitrogen and oxygen atoms in total. The first-order valence-corrected chi connectivity index (χ1v) is 10.1. The predicted octanol–water partition coefficient (Wildman–Crippen LogP) is 1.32. The standard InChI is InChI=1S/C19H29N5O6/c1-3-5-7-14(26)21-19-22-17-16(18(28)23-19)20-11-24(17)12-30-13(9-25)10-29-15(27)8-6-4-2/h11,13,25H,3-10,12H2,1-2H3,(H2,21,22,23,26,28). The van der Waals surface area contributed by atoms with Gasteiger partial charge in [0.1, 0.15) is 19.4 Å². The van der Waals surface area contributed by atoms with Crippen molar-refractivity contribution in [3.63, 3.8) is 0 Å². The number of aromatic amines is 1. The monoisotopic (exact) mass is 423 g/mol. The minimum Gasteiger partial charge on any atom is -0.463 e. The number of carbonyl (C=O) groups excluding carboxylic acids is 2. The Morgan fingerprint density at radius 2 is 2.00 bits per heavy atom. The van der Waals surface area contributed by atoms with Gasteiger partial charge in [-0.15, -0.1) is 0 Å². The third-order valence-corrected chi connectivity index (χ3v) is 4.31. The molecular formula is C19H29N5O6. The lowest BCUT2D eigenvalue weighted by atomic mass is 10.2. The van der Waals surface area contributed by atoms with Gasteiger partial charge in [-0.1, -0.05) is 26.7 Å². The van der Waals surface area contributed by atoms with Crippen molar-refractivity contribution in [2.24, 2.45) is 0 Å². The molecule has 30 heavy (non-hydrogen) atoms. The number of anilines is 1. The van der Waals surface area contributed by atoms with Crippen LogP contribution >= 0.6 is 0 Å². The van der Waals surface area contributed by atoms with Crippen molar-refractivity contribution in [2.75, 3.05) is 18.5 Å². The molecule has 0 bridgehead atoms. The van der Waals surface area contributed by atoms with Gasteiger partial charge in [0.2, 0.25) is 11.9 Å². The Morgan fingerprint density at radius 3 is 2.70 bits per heavy atom. The number of esters is 1. The summed E-state index contributed by atoms with van der Waals surface area (Å²) in [6, 6.07) is 0. The Balaban J connectivity index is 2.02. The Hall–Kier alpha value is -2.79. The maximum absolute atomic E-state index is 12.2. The summed E-state index contributed by atoms with van der Waals surface area (Å²) in [6.45, 7) is 3.44. The highest BCUT2D eigenvalue weighted by Gasteiger charge is 2.15. The SMILES string of the molecule is CCCCC(=O)Nc1nc2c(ncn2COC(CO)COC(=O)CCCC)c(=O)[nH]1. The van der Waals surface area contributed by atoms with E-state index in [0.717, 1.165) is 25.7 Å². The molecule has 0 aliphatic rings. The maximum Gasteiger partial charge on any atom is 0.305 e. The van der Waals surface area contributed by atoms with Crippen molar-refractivity contribution in [1.29, 1.82) is 0 Å². The minimum absolute atomic E-state index is 0.0268. The second-order valence-electron chi connectivity index (χ2n) is 6.84. The van der Waals surface area contributed by atoms with E-state index in [1.54, 1.807) is 0 Å². The molecule has 2 heterocycles. The van der Waals surface area contributed by atoms with Crippen LogP contribution in [0.15, 0.2) is 11.1 Å². The molecular weight excluding hydrogens is 394 g/mol. The molecule has 2 aromatic heterocycles. The summed E-state index contributed by atoms with van der Waals surface area (Å²) in [5.74, 6) is -0.561. The smallest absolute Gasteiger partial charge is 0.305 e. The van der Waals surface area contributed by atoms with Gasteiger partial charge in [-0.3, -0.25) is 29.3 Å². The summed E-state index contributed by atoms with van der Waals surface area (Å²) in [7, 11) is 0. The number of imidazole rings is 1. The minimum atomic E-state index is -0.733. The number of fused-ring (bicyclic) bond motifs is 1. The Morgan fingerprint density at radius 1 is 1.27 bits per heavy atom. The number of hydrogen-bond acceptors (Lipinski definition) is 8. The molecule has 0 aliphatic carbocycles. The summed E-state index contributed by atoms with van der Waals surface area (Å²) >= 11 is 0. The van der Waals surface area contributed by atoms with Crippen LogP contribution in [0.25, 0.3) is 11.2 Å². The highest BCUT2D eigenvalue weighted by Crippen LogP contribution is 2.10. The normalized spacial score (nSPS) is 12.1. The third kappa shape index (κ3) is 6.92. The molecule has 1 unspecified atom stereocenters. The van der Waals surface area contributed by atoms with Crippen LogP contribution < -0.4 is 10.9 Å². The van der Waals surface area contributed by atoms with Crippen molar-refractivity contribution in [1.82, 2.24) is 19.5 Å². The van der Waals surface area contributed by atoms with Gasteiger partial charge in [-0.05, 0) is 12.8 Å². The van der Waals surface area contributed by atoms with Crippen molar-refractivity contribution in [2.45, 2.75) is 65.2 Å². The summed E-state index contributed by atoms with van der Waals surface area (Å²) in [6.07, 6.45) is 4.52. The summed E-state index contributed by atoms with van der Waals surface area (Å²) in [4.78, 5) is 46.4. The van der Waals surface area contributed by atoms with Crippen LogP contribution in [-0.4, -0.2) is 55.8 Å². The van der Waals surface area contributed by atoms with Crippen LogP contribution in [0, 0.1) is 0 Å². The number of aliphatic hydroxyl groups is 1. The molecule has 0 aliphatic heterocycles. The molecule has 1 amide bonds. The molecule has 1 atom stereocenters. The van der Waals surface area contributed by atoms with Crippen LogP contribution in [0.4, 0.5) is 5.95 Å². The Labute approximate surface area is 173 Å². The summed E-state index contributed by atoms with van der Waals surface area (Å²) < 4.78 is 12.1. The summed E-state index contributed by atoms with van der Waals surface area (Å²) in [5.41, 5.74) is -0.175. The van der Waals surface area contributed by atoms with Crippen LogP contribution in [0.2, 0.25) is 0 Å². The molecule has 2 rings (SSSR count). The fraction of sp³-hybridized carbons (Fsp3) is 0.632. The average molecular weight is 423 g/mol.